The third-order valence-corrected chi connectivity index (χ3v) is 5.60. The number of hydrogen-bond donors (Lipinski definition) is 1. The zero-order chi connectivity index (χ0) is 24.3. The lowest BCUT2D eigenvalue weighted by molar-refractivity contribution is -0.119. The Hall–Kier alpha value is -3.75. The molecule has 1 aliphatic carbocycles. The fourth-order valence-electron chi connectivity index (χ4n) is 4.24. The smallest absolute Gasteiger partial charge is 0.341 e. The van der Waals surface area contributed by atoms with E-state index in [1.54, 1.807) is 0 Å². The predicted octanol–water partition coefficient (Wildman–Crippen LogP) is 2.66. The van der Waals surface area contributed by atoms with Gasteiger partial charge in [-0.2, -0.15) is 0 Å². The molecule has 176 valence electrons. The van der Waals surface area contributed by atoms with Gasteiger partial charge in [0, 0.05) is 12.5 Å². The van der Waals surface area contributed by atoms with Gasteiger partial charge in [-0.1, -0.05) is 0 Å². The normalized spacial score (nSPS) is 14.2. The van der Waals surface area contributed by atoms with E-state index in [-0.39, 0.29) is 17.2 Å². The lowest BCUT2D eigenvalue weighted by atomic mass is 9.94. The average Bonchev–Trinajstić information content (AvgIpc) is 3.03. The van der Waals surface area contributed by atoms with Crippen molar-refractivity contribution in [1.82, 2.24) is 5.32 Å². The molecule has 1 aliphatic rings. The fraction of sp³-hybridized carbons (Fsp3) is 0.375. The van der Waals surface area contributed by atoms with E-state index < -0.39 is 17.4 Å². The Balaban J connectivity index is 2.54. The second-order valence-electron chi connectivity index (χ2n) is 7.43. The molecule has 9 nitrogen and oxygen atoms in total. The van der Waals surface area contributed by atoms with E-state index in [0.717, 1.165) is 5.56 Å². The quantitative estimate of drug-likeness (QED) is 0.660. The number of amides is 1. The first-order valence-corrected chi connectivity index (χ1v) is 10.2. The molecule has 1 amide bonds. The van der Waals surface area contributed by atoms with Gasteiger partial charge in [0.2, 0.25) is 17.1 Å². The number of carbonyl (C=O) groups excluding carboxylic acids is 2. The van der Waals surface area contributed by atoms with Gasteiger partial charge in [0.15, 0.2) is 17.2 Å². The van der Waals surface area contributed by atoms with Crippen LogP contribution in [0, 0.1) is 0 Å². The van der Waals surface area contributed by atoms with Gasteiger partial charge < -0.3 is 29.0 Å². The number of aryl methyl sites for hydroxylation is 1. The SMILES string of the molecule is COC(=O)c1cc2c(cc(=O)c1OC)[C@@H](NC(C)=O)CCc1cc(OC)c(OC)c(OC)c1-2. The molecule has 0 aliphatic heterocycles. The summed E-state index contributed by atoms with van der Waals surface area (Å²) in [6.45, 7) is 1.41. The van der Waals surface area contributed by atoms with Crippen LogP contribution in [-0.4, -0.2) is 47.4 Å². The van der Waals surface area contributed by atoms with Crippen molar-refractivity contribution < 1.29 is 33.3 Å². The number of nitrogens with one attached hydrogen (secondary N) is 1. The van der Waals surface area contributed by atoms with Crippen molar-refractivity contribution in [3.63, 3.8) is 0 Å². The fourth-order valence-corrected chi connectivity index (χ4v) is 4.24. The molecule has 3 rings (SSSR count). The van der Waals surface area contributed by atoms with Crippen molar-refractivity contribution in [2.24, 2.45) is 0 Å². The average molecular weight is 457 g/mol. The van der Waals surface area contributed by atoms with E-state index in [2.05, 4.69) is 5.32 Å². The molecule has 0 radical (unpaired) electrons. The molecule has 33 heavy (non-hydrogen) atoms. The van der Waals surface area contributed by atoms with Crippen LogP contribution in [0.1, 0.15) is 40.9 Å². The van der Waals surface area contributed by atoms with Crippen LogP contribution in [0.25, 0.3) is 11.1 Å². The highest BCUT2D eigenvalue weighted by molar-refractivity contribution is 5.95. The van der Waals surface area contributed by atoms with Gasteiger partial charge in [0.05, 0.1) is 41.6 Å². The summed E-state index contributed by atoms with van der Waals surface area (Å²) in [6.07, 6.45) is 1.03. The molecule has 0 heterocycles. The summed E-state index contributed by atoms with van der Waals surface area (Å²) >= 11 is 0. The van der Waals surface area contributed by atoms with Gasteiger partial charge in [-0.15, -0.1) is 0 Å². The number of rotatable bonds is 6. The molecule has 2 aromatic carbocycles. The van der Waals surface area contributed by atoms with Crippen LogP contribution in [0.3, 0.4) is 0 Å². The van der Waals surface area contributed by atoms with Crippen LogP contribution >= 0.6 is 0 Å². The molecule has 2 aromatic rings. The molecule has 1 N–H and O–H groups in total. The van der Waals surface area contributed by atoms with Crippen molar-refractivity contribution in [2.45, 2.75) is 25.8 Å². The minimum Gasteiger partial charge on any atom is -0.493 e. The van der Waals surface area contributed by atoms with E-state index in [4.69, 9.17) is 23.7 Å². The summed E-state index contributed by atoms with van der Waals surface area (Å²) in [5.41, 5.74) is 1.94. The molecular formula is C24H27NO8. The van der Waals surface area contributed by atoms with Crippen molar-refractivity contribution in [1.29, 1.82) is 0 Å². The van der Waals surface area contributed by atoms with E-state index >= 15 is 0 Å². The third-order valence-electron chi connectivity index (χ3n) is 5.60. The maximum Gasteiger partial charge on any atom is 0.341 e. The van der Waals surface area contributed by atoms with Crippen molar-refractivity contribution >= 4 is 11.9 Å². The molecule has 0 fully saturated rings. The summed E-state index contributed by atoms with van der Waals surface area (Å²) in [4.78, 5) is 37.7. The first-order valence-electron chi connectivity index (χ1n) is 10.2. The Bertz CT molecular complexity index is 1160. The maximum absolute atomic E-state index is 13.1. The number of esters is 1. The van der Waals surface area contributed by atoms with Crippen LogP contribution in [-0.2, 0) is 16.0 Å². The largest absolute Gasteiger partial charge is 0.493 e. The van der Waals surface area contributed by atoms with Crippen LogP contribution in [0.15, 0.2) is 23.0 Å². The van der Waals surface area contributed by atoms with Crippen LogP contribution < -0.4 is 29.7 Å². The molecule has 0 saturated heterocycles. The summed E-state index contributed by atoms with van der Waals surface area (Å²) < 4.78 is 27.0. The Morgan fingerprint density at radius 2 is 1.58 bits per heavy atom. The molecule has 0 bridgehead atoms. The maximum atomic E-state index is 13.1. The summed E-state index contributed by atoms with van der Waals surface area (Å²) in [5.74, 6) is 0.0793. The van der Waals surface area contributed by atoms with Crippen LogP contribution in [0.2, 0.25) is 0 Å². The number of ether oxygens (including phenoxy) is 5. The summed E-state index contributed by atoms with van der Waals surface area (Å²) in [7, 11) is 7.05. The van der Waals surface area contributed by atoms with E-state index in [1.165, 1.54) is 54.6 Å². The van der Waals surface area contributed by atoms with Crippen molar-refractivity contribution in [2.75, 3.05) is 35.5 Å². The standard InChI is InChI=1S/C24H27NO8/c1-12(26)25-17-8-7-13-9-19(29-2)22(31-4)23(32-5)20(13)15-10-16(24(28)33-6)21(30-3)18(27)11-14(15)17/h9-11,17H,7-8H2,1-6H3,(H,25,26)/t17-/m0/s1. The highest BCUT2D eigenvalue weighted by atomic mass is 16.5. The molecule has 0 unspecified atom stereocenters. The Morgan fingerprint density at radius 3 is 2.12 bits per heavy atom. The van der Waals surface area contributed by atoms with Gasteiger partial charge in [0.1, 0.15) is 5.56 Å². The van der Waals surface area contributed by atoms with E-state index in [1.807, 2.05) is 6.07 Å². The second-order valence-corrected chi connectivity index (χ2v) is 7.43. The van der Waals surface area contributed by atoms with Crippen molar-refractivity contribution in [3.8, 4) is 34.1 Å². The van der Waals surface area contributed by atoms with E-state index in [0.29, 0.717) is 46.8 Å². The molecule has 0 spiro atoms. The lowest BCUT2D eigenvalue weighted by Crippen LogP contribution is -2.26. The second kappa shape index (κ2) is 9.81. The molecule has 1 atom stereocenters. The zero-order valence-electron chi connectivity index (χ0n) is 19.5. The monoisotopic (exact) mass is 457 g/mol. The Labute approximate surface area is 191 Å². The zero-order valence-corrected chi connectivity index (χ0v) is 19.5. The molecule has 0 aromatic heterocycles. The molecule has 0 saturated carbocycles. The minimum absolute atomic E-state index is 0.0440. The first-order chi connectivity index (χ1) is 15.8. The lowest BCUT2D eigenvalue weighted by Gasteiger charge is -2.20. The topological polar surface area (TPSA) is 109 Å². The summed E-state index contributed by atoms with van der Waals surface area (Å²) in [5, 5.41) is 2.91. The molecular weight excluding hydrogens is 430 g/mol. The molecule has 9 heteroatoms. The van der Waals surface area contributed by atoms with Gasteiger partial charge >= 0.3 is 5.97 Å². The highest BCUT2D eigenvalue weighted by Crippen LogP contribution is 2.50. The minimum atomic E-state index is -0.733. The van der Waals surface area contributed by atoms with Crippen LogP contribution in [0.4, 0.5) is 0 Å². The Morgan fingerprint density at radius 1 is 0.909 bits per heavy atom. The van der Waals surface area contributed by atoms with E-state index in [9.17, 15) is 14.4 Å². The highest BCUT2D eigenvalue weighted by Gasteiger charge is 2.31. The number of methoxy groups -OCH3 is 5. The predicted molar refractivity (Wildman–Crippen MR) is 121 cm³/mol. The number of hydrogen-bond acceptors (Lipinski definition) is 8. The van der Waals surface area contributed by atoms with Gasteiger partial charge in [-0.25, -0.2) is 4.79 Å². The number of carbonyl (C=O) groups is 2. The van der Waals surface area contributed by atoms with Gasteiger partial charge in [-0.05, 0) is 47.7 Å². The number of benzene rings is 1. The first kappa shape index (κ1) is 23.9. The third kappa shape index (κ3) is 4.30. The Kier molecular flexibility index (Phi) is 7.10. The van der Waals surface area contributed by atoms with Crippen LogP contribution in [0.5, 0.6) is 23.0 Å². The summed E-state index contributed by atoms with van der Waals surface area (Å²) in [6, 6.07) is 4.25. The van der Waals surface area contributed by atoms with Gasteiger partial charge in [-0.3, -0.25) is 9.59 Å². The number of fused-ring (bicyclic) bond motifs is 3. The van der Waals surface area contributed by atoms with Crippen molar-refractivity contribution in [3.05, 3.63) is 45.1 Å². The van der Waals surface area contributed by atoms with Gasteiger partial charge in [0.25, 0.3) is 0 Å².